The molecule has 0 aliphatic rings. The average molecular weight is 290 g/mol. The highest BCUT2D eigenvalue weighted by Crippen LogP contribution is 2.25. The fourth-order valence-corrected chi connectivity index (χ4v) is 2.10. The second-order valence-corrected chi connectivity index (χ2v) is 4.68. The van der Waals surface area contributed by atoms with Crippen molar-refractivity contribution in [3.05, 3.63) is 53.7 Å². The molecule has 1 unspecified atom stereocenters. The molecule has 21 heavy (non-hydrogen) atoms. The van der Waals surface area contributed by atoms with Gasteiger partial charge in [0.05, 0.1) is 12.8 Å². The molecule has 0 amide bonds. The third-order valence-corrected chi connectivity index (χ3v) is 3.17. The zero-order valence-electron chi connectivity index (χ0n) is 12.5. The molecule has 0 aliphatic heterocycles. The first-order valence-electron chi connectivity index (χ1n) is 7.07. The Hall–Kier alpha value is -1.69. The maximum absolute atomic E-state index is 5.79. The van der Waals surface area contributed by atoms with E-state index in [4.69, 9.17) is 13.9 Å². The van der Waals surface area contributed by atoms with Gasteiger partial charge in [0, 0.05) is 33.7 Å². The van der Waals surface area contributed by atoms with E-state index in [-0.39, 0.29) is 6.10 Å². The van der Waals surface area contributed by atoms with Gasteiger partial charge in [-0.2, -0.15) is 0 Å². The zero-order valence-corrected chi connectivity index (χ0v) is 12.5. The number of hydrogen-bond acceptors (Lipinski definition) is 5. The van der Waals surface area contributed by atoms with Gasteiger partial charge in [0.25, 0.3) is 0 Å². The molecule has 0 spiro atoms. The van der Waals surface area contributed by atoms with Gasteiger partial charge in [-0.15, -0.1) is 0 Å². The highest BCUT2D eigenvalue weighted by atomic mass is 16.5. The van der Waals surface area contributed by atoms with E-state index < -0.39 is 0 Å². The molecule has 2 aromatic rings. The SMILES string of the molecule is COCCNCCc1ncc(C(OC)c2ccccc2)o1. The van der Waals surface area contributed by atoms with Crippen molar-refractivity contribution in [3.8, 4) is 0 Å². The number of oxazole rings is 1. The number of rotatable bonds is 9. The Kier molecular flexibility index (Phi) is 6.40. The van der Waals surface area contributed by atoms with E-state index in [0.717, 1.165) is 30.8 Å². The minimum absolute atomic E-state index is 0.214. The van der Waals surface area contributed by atoms with E-state index in [2.05, 4.69) is 10.3 Å². The maximum atomic E-state index is 5.79. The number of hydrogen-bond donors (Lipinski definition) is 1. The number of ether oxygens (including phenoxy) is 2. The van der Waals surface area contributed by atoms with Crippen LogP contribution in [0.15, 0.2) is 40.9 Å². The first-order valence-corrected chi connectivity index (χ1v) is 7.07. The van der Waals surface area contributed by atoms with Crippen LogP contribution in [0.5, 0.6) is 0 Å². The summed E-state index contributed by atoms with van der Waals surface area (Å²) >= 11 is 0. The standard InChI is InChI=1S/C16H22N2O3/c1-19-11-10-17-9-8-15-18-12-14(21-15)16(20-2)13-6-4-3-5-7-13/h3-7,12,16-17H,8-11H2,1-2H3. The van der Waals surface area contributed by atoms with Crippen molar-refractivity contribution in [1.82, 2.24) is 10.3 Å². The Morgan fingerprint density at radius 1 is 1.19 bits per heavy atom. The van der Waals surface area contributed by atoms with Crippen LogP contribution in [0, 0.1) is 0 Å². The lowest BCUT2D eigenvalue weighted by atomic mass is 10.1. The summed E-state index contributed by atoms with van der Waals surface area (Å²) < 4.78 is 16.3. The summed E-state index contributed by atoms with van der Waals surface area (Å²) in [5, 5.41) is 3.26. The minimum atomic E-state index is -0.214. The smallest absolute Gasteiger partial charge is 0.195 e. The summed E-state index contributed by atoms with van der Waals surface area (Å²) in [7, 11) is 3.36. The predicted molar refractivity (Wildman–Crippen MR) is 80.2 cm³/mol. The minimum Gasteiger partial charge on any atom is -0.443 e. The first-order chi connectivity index (χ1) is 10.3. The Balaban J connectivity index is 1.92. The van der Waals surface area contributed by atoms with Crippen LogP contribution in [-0.4, -0.2) is 38.9 Å². The van der Waals surface area contributed by atoms with Gasteiger partial charge in [-0.05, 0) is 5.56 Å². The largest absolute Gasteiger partial charge is 0.443 e. The topological polar surface area (TPSA) is 56.5 Å². The van der Waals surface area contributed by atoms with Crippen molar-refractivity contribution >= 4 is 0 Å². The molecule has 1 atom stereocenters. The summed E-state index contributed by atoms with van der Waals surface area (Å²) in [6, 6.07) is 9.98. The van der Waals surface area contributed by atoms with Crippen LogP contribution in [0.1, 0.15) is 23.3 Å². The van der Waals surface area contributed by atoms with E-state index in [1.54, 1.807) is 20.4 Å². The Bertz CT molecular complexity index is 513. The summed E-state index contributed by atoms with van der Waals surface area (Å²) in [4.78, 5) is 4.31. The summed E-state index contributed by atoms with van der Waals surface area (Å²) in [5.74, 6) is 1.45. The number of aromatic nitrogens is 1. The number of methoxy groups -OCH3 is 2. The van der Waals surface area contributed by atoms with Gasteiger partial charge in [-0.1, -0.05) is 30.3 Å². The van der Waals surface area contributed by atoms with Gasteiger partial charge in [-0.3, -0.25) is 0 Å². The van der Waals surface area contributed by atoms with Crippen molar-refractivity contribution in [3.63, 3.8) is 0 Å². The maximum Gasteiger partial charge on any atom is 0.195 e. The van der Waals surface area contributed by atoms with Gasteiger partial charge in [0.2, 0.25) is 0 Å². The highest BCUT2D eigenvalue weighted by molar-refractivity contribution is 5.23. The second kappa shape index (κ2) is 8.56. The number of nitrogens with zero attached hydrogens (tertiary/aromatic N) is 1. The molecule has 1 N–H and O–H groups in total. The molecule has 114 valence electrons. The van der Waals surface area contributed by atoms with Crippen LogP contribution < -0.4 is 5.32 Å². The molecule has 2 rings (SSSR count). The van der Waals surface area contributed by atoms with Crippen molar-refractivity contribution in [2.24, 2.45) is 0 Å². The van der Waals surface area contributed by atoms with E-state index in [9.17, 15) is 0 Å². The quantitative estimate of drug-likeness (QED) is 0.717. The van der Waals surface area contributed by atoms with Gasteiger partial charge in [0.15, 0.2) is 11.7 Å². The van der Waals surface area contributed by atoms with Gasteiger partial charge in [0.1, 0.15) is 6.10 Å². The van der Waals surface area contributed by atoms with Crippen LogP contribution in [0.3, 0.4) is 0 Å². The number of nitrogens with one attached hydrogen (secondary N) is 1. The summed E-state index contributed by atoms with van der Waals surface area (Å²) in [6.07, 6.45) is 2.27. The Labute approximate surface area is 125 Å². The van der Waals surface area contributed by atoms with E-state index in [1.165, 1.54) is 0 Å². The predicted octanol–water partition coefficient (Wildman–Crippen LogP) is 2.19. The molecule has 1 aromatic heterocycles. The molecular weight excluding hydrogens is 268 g/mol. The summed E-state index contributed by atoms with van der Waals surface area (Å²) in [6.45, 7) is 2.34. The van der Waals surface area contributed by atoms with E-state index in [0.29, 0.717) is 12.5 Å². The van der Waals surface area contributed by atoms with Crippen molar-refractivity contribution < 1.29 is 13.9 Å². The third-order valence-electron chi connectivity index (χ3n) is 3.17. The Morgan fingerprint density at radius 3 is 2.71 bits per heavy atom. The van der Waals surface area contributed by atoms with Crippen LogP contribution in [-0.2, 0) is 15.9 Å². The highest BCUT2D eigenvalue weighted by Gasteiger charge is 2.17. The lowest BCUT2D eigenvalue weighted by molar-refractivity contribution is 0.115. The molecule has 0 bridgehead atoms. The molecule has 0 saturated carbocycles. The third kappa shape index (κ3) is 4.67. The van der Waals surface area contributed by atoms with Gasteiger partial charge in [-0.25, -0.2) is 4.98 Å². The molecule has 1 aromatic carbocycles. The molecule has 0 aliphatic carbocycles. The monoisotopic (exact) mass is 290 g/mol. The molecule has 5 heteroatoms. The molecule has 0 saturated heterocycles. The molecule has 0 radical (unpaired) electrons. The normalized spacial score (nSPS) is 12.5. The fraction of sp³-hybridized carbons (Fsp3) is 0.438. The number of benzene rings is 1. The fourth-order valence-electron chi connectivity index (χ4n) is 2.10. The lowest BCUT2D eigenvalue weighted by Crippen LogP contribution is -2.21. The lowest BCUT2D eigenvalue weighted by Gasteiger charge is -2.12. The van der Waals surface area contributed by atoms with Crippen LogP contribution in [0.25, 0.3) is 0 Å². The molecule has 5 nitrogen and oxygen atoms in total. The van der Waals surface area contributed by atoms with E-state index in [1.807, 2.05) is 30.3 Å². The summed E-state index contributed by atoms with van der Waals surface area (Å²) in [5.41, 5.74) is 1.06. The average Bonchev–Trinajstić information content (AvgIpc) is 2.98. The second-order valence-electron chi connectivity index (χ2n) is 4.68. The van der Waals surface area contributed by atoms with Gasteiger partial charge < -0.3 is 19.2 Å². The van der Waals surface area contributed by atoms with Crippen molar-refractivity contribution in [1.29, 1.82) is 0 Å². The first kappa shape index (κ1) is 15.7. The molecular formula is C16H22N2O3. The Morgan fingerprint density at radius 2 is 2.00 bits per heavy atom. The molecule has 0 fully saturated rings. The van der Waals surface area contributed by atoms with Crippen molar-refractivity contribution in [2.75, 3.05) is 33.9 Å². The van der Waals surface area contributed by atoms with Gasteiger partial charge >= 0.3 is 0 Å². The molecule has 1 heterocycles. The van der Waals surface area contributed by atoms with Crippen molar-refractivity contribution in [2.45, 2.75) is 12.5 Å². The van der Waals surface area contributed by atoms with Crippen LogP contribution in [0.2, 0.25) is 0 Å². The van der Waals surface area contributed by atoms with E-state index >= 15 is 0 Å². The van der Waals surface area contributed by atoms with Crippen LogP contribution in [0.4, 0.5) is 0 Å². The van der Waals surface area contributed by atoms with Crippen LogP contribution >= 0.6 is 0 Å². The zero-order chi connectivity index (χ0) is 14.9.